The quantitative estimate of drug-likeness (QED) is 0.703. The summed E-state index contributed by atoms with van der Waals surface area (Å²) >= 11 is 0. The molecule has 0 radical (unpaired) electrons. The van der Waals surface area contributed by atoms with Crippen LogP contribution in [0.1, 0.15) is 13.8 Å². The second-order valence-corrected chi connectivity index (χ2v) is 3.50. The summed E-state index contributed by atoms with van der Waals surface area (Å²) in [7, 11) is 1.41. The molecule has 0 aliphatic heterocycles. The fourth-order valence-corrected chi connectivity index (χ4v) is 1.24. The maximum absolute atomic E-state index is 11.3. The lowest BCUT2D eigenvalue weighted by Crippen LogP contribution is -2.45. The van der Waals surface area contributed by atoms with Gasteiger partial charge in [-0.15, -0.1) is 0 Å². The number of carbonyl (C=O) groups is 2. The van der Waals surface area contributed by atoms with E-state index in [0.29, 0.717) is 0 Å². The van der Waals surface area contributed by atoms with Crippen molar-refractivity contribution in [3.63, 3.8) is 0 Å². The number of aliphatic carboxylic acids is 1. The Hall–Kier alpha value is -1.52. The zero-order chi connectivity index (χ0) is 12.0. The molecule has 0 aliphatic carbocycles. The van der Waals surface area contributed by atoms with Crippen molar-refractivity contribution in [3.8, 4) is 0 Å². The number of nitrogens with zero attached hydrogens (tertiary/aromatic N) is 1. The molecule has 1 atom stereocenters. The number of amides is 1. The molecular formula is C10H17NO4. The zero-order valence-electron chi connectivity index (χ0n) is 9.27. The van der Waals surface area contributed by atoms with Gasteiger partial charge in [-0.25, -0.2) is 9.59 Å². The first kappa shape index (κ1) is 13.5. The lowest BCUT2D eigenvalue weighted by atomic mass is 10.0. The molecule has 5 nitrogen and oxygen atoms in total. The van der Waals surface area contributed by atoms with Gasteiger partial charge in [0.25, 0.3) is 0 Å². The molecule has 0 heterocycles. The summed E-state index contributed by atoms with van der Waals surface area (Å²) in [6, 6.07) is -0.873. The van der Waals surface area contributed by atoms with E-state index in [1.54, 1.807) is 13.8 Å². The van der Waals surface area contributed by atoms with E-state index in [9.17, 15) is 9.59 Å². The van der Waals surface area contributed by atoms with Gasteiger partial charge in [0.1, 0.15) is 12.6 Å². The second-order valence-electron chi connectivity index (χ2n) is 3.50. The third kappa shape index (κ3) is 4.01. The monoisotopic (exact) mass is 215 g/mol. The van der Waals surface area contributed by atoms with Crippen LogP contribution in [-0.4, -0.2) is 41.8 Å². The van der Waals surface area contributed by atoms with Crippen LogP contribution in [0.4, 0.5) is 4.79 Å². The van der Waals surface area contributed by atoms with E-state index in [4.69, 9.17) is 9.84 Å². The second kappa shape index (κ2) is 6.06. The predicted octanol–water partition coefficient (Wildman–Crippen LogP) is 1.35. The van der Waals surface area contributed by atoms with Crippen molar-refractivity contribution in [2.45, 2.75) is 19.9 Å². The molecule has 0 aliphatic rings. The highest BCUT2D eigenvalue weighted by atomic mass is 16.6. The van der Waals surface area contributed by atoms with E-state index in [0.717, 1.165) is 4.90 Å². The molecule has 1 N–H and O–H groups in total. The molecule has 0 aromatic rings. The molecule has 0 saturated heterocycles. The highest BCUT2D eigenvalue weighted by Crippen LogP contribution is 2.10. The minimum atomic E-state index is -1.04. The summed E-state index contributed by atoms with van der Waals surface area (Å²) < 4.78 is 4.74. The molecule has 86 valence electrons. The van der Waals surface area contributed by atoms with E-state index in [1.165, 1.54) is 13.1 Å². The topological polar surface area (TPSA) is 66.8 Å². The molecule has 0 spiro atoms. The Labute approximate surface area is 89.3 Å². The fourth-order valence-electron chi connectivity index (χ4n) is 1.24. The summed E-state index contributed by atoms with van der Waals surface area (Å²) in [6.45, 7) is 6.94. The van der Waals surface area contributed by atoms with Gasteiger partial charge < -0.3 is 9.84 Å². The average Bonchev–Trinajstić information content (AvgIpc) is 2.12. The van der Waals surface area contributed by atoms with Crippen LogP contribution in [0, 0.1) is 5.92 Å². The van der Waals surface area contributed by atoms with Crippen molar-refractivity contribution in [2.24, 2.45) is 5.92 Å². The van der Waals surface area contributed by atoms with E-state index in [1.807, 2.05) is 0 Å². The summed E-state index contributed by atoms with van der Waals surface area (Å²) in [5.41, 5.74) is 0. The van der Waals surface area contributed by atoms with Crippen LogP contribution in [-0.2, 0) is 9.53 Å². The number of carboxylic acids is 1. The summed E-state index contributed by atoms with van der Waals surface area (Å²) in [4.78, 5) is 23.3. The number of likely N-dealkylation sites (N-methyl/N-ethyl adjacent to an activating group) is 1. The maximum Gasteiger partial charge on any atom is 0.410 e. The first-order valence-corrected chi connectivity index (χ1v) is 4.65. The third-order valence-electron chi connectivity index (χ3n) is 1.91. The molecule has 0 aromatic carbocycles. The Bertz CT molecular complexity index is 250. The first-order chi connectivity index (χ1) is 6.91. The Morgan fingerprint density at radius 1 is 1.53 bits per heavy atom. The molecular weight excluding hydrogens is 198 g/mol. The molecule has 0 aromatic heterocycles. The van der Waals surface area contributed by atoms with E-state index >= 15 is 0 Å². The van der Waals surface area contributed by atoms with Crippen LogP contribution in [0.25, 0.3) is 0 Å². The van der Waals surface area contributed by atoms with E-state index in [-0.39, 0.29) is 12.5 Å². The van der Waals surface area contributed by atoms with Crippen molar-refractivity contribution in [1.29, 1.82) is 0 Å². The van der Waals surface area contributed by atoms with Crippen molar-refractivity contribution < 1.29 is 19.4 Å². The van der Waals surface area contributed by atoms with Gasteiger partial charge in [-0.2, -0.15) is 0 Å². The van der Waals surface area contributed by atoms with Gasteiger partial charge in [-0.05, 0) is 5.92 Å². The highest BCUT2D eigenvalue weighted by molar-refractivity contribution is 5.80. The van der Waals surface area contributed by atoms with Crippen LogP contribution < -0.4 is 0 Å². The molecule has 0 fully saturated rings. The van der Waals surface area contributed by atoms with Crippen LogP contribution >= 0.6 is 0 Å². The third-order valence-corrected chi connectivity index (χ3v) is 1.91. The Morgan fingerprint density at radius 3 is 2.40 bits per heavy atom. The first-order valence-electron chi connectivity index (χ1n) is 4.65. The van der Waals surface area contributed by atoms with Gasteiger partial charge in [-0.3, -0.25) is 4.90 Å². The SMILES string of the molecule is C=CCOC(=O)N(C)C(C(=O)O)C(C)C. The van der Waals surface area contributed by atoms with Crippen molar-refractivity contribution in [3.05, 3.63) is 12.7 Å². The summed E-state index contributed by atoms with van der Waals surface area (Å²) in [6.07, 6.45) is 0.771. The number of carboxylic acid groups (broad SMARTS) is 1. The van der Waals surface area contributed by atoms with Crippen molar-refractivity contribution in [2.75, 3.05) is 13.7 Å². The molecule has 0 saturated carbocycles. The van der Waals surface area contributed by atoms with E-state index < -0.39 is 18.1 Å². The normalized spacial score (nSPS) is 12.0. The Kier molecular flexibility index (Phi) is 5.44. The number of rotatable bonds is 5. The zero-order valence-corrected chi connectivity index (χ0v) is 9.27. The number of ether oxygens (including phenoxy) is 1. The molecule has 0 bridgehead atoms. The molecule has 5 heteroatoms. The van der Waals surface area contributed by atoms with Gasteiger partial charge in [0.2, 0.25) is 0 Å². The highest BCUT2D eigenvalue weighted by Gasteiger charge is 2.30. The van der Waals surface area contributed by atoms with Crippen LogP contribution in [0.5, 0.6) is 0 Å². The molecule has 0 rings (SSSR count). The number of hydrogen-bond acceptors (Lipinski definition) is 3. The molecule has 1 amide bonds. The van der Waals surface area contributed by atoms with Gasteiger partial charge in [-0.1, -0.05) is 26.5 Å². The van der Waals surface area contributed by atoms with Crippen LogP contribution in [0.15, 0.2) is 12.7 Å². The van der Waals surface area contributed by atoms with Crippen molar-refractivity contribution in [1.82, 2.24) is 4.90 Å². The van der Waals surface area contributed by atoms with Gasteiger partial charge in [0, 0.05) is 7.05 Å². The lowest BCUT2D eigenvalue weighted by Gasteiger charge is -2.26. The number of hydrogen-bond donors (Lipinski definition) is 1. The summed E-state index contributed by atoms with van der Waals surface area (Å²) in [5, 5.41) is 8.92. The molecule has 15 heavy (non-hydrogen) atoms. The van der Waals surface area contributed by atoms with Gasteiger partial charge in [0.05, 0.1) is 0 Å². The summed E-state index contributed by atoms with van der Waals surface area (Å²) in [5.74, 6) is -1.22. The van der Waals surface area contributed by atoms with Crippen LogP contribution in [0.3, 0.4) is 0 Å². The minimum absolute atomic E-state index is 0.0770. The van der Waals surface area contributed by atoms with Crippen LogP contribution in [0.2, 0.25) is 0 Å². The standard InChI is InChI=1S/C10H17NO4/c1-5-6-15-10(14)11(4)8(7(2)3)9(12)13/h5,7-8H,1,6H2,2-4H3,(H,12,13). The minimum Gasteiger partial charge on any atom is -0.480 e. The smallest absolute Gasteiger partial charge is 0.410 e. The van der Waals surface area contributed by atoms with Gasteiger partial charge >= 0.3 is 12.1 Å². The Morgan fingerprint density at radius 2 is 2.07 bits per heavy atom. The average molecular weight is 215 g/mol. The largest absolute Gasteiger partial charge is 0.480 e. The number of carbonyl (C=O) groups excluding carboxylic acids is 1. The molecule has 1 unspecified atom stereocenters. The van der Waals surface area contributed by atoms with Crippen molar-refractivity contribution >= 4 is 12.1 Å². The Balaban J connectivity index is 4.49. The lowest BCUT2D eigenvalue weighted by molar-refractivity contribution is -0.143. The fraction of sp³-hybridized carbons (Fsp3) is 0.600. The van der Waals surface area contributed by atoms with E-state index in [2.05, 4.69) is 6.58 Å². The van der Waals surface area contributed by atoms with Gasteiger partial charge in [0.15, 0.2) is 0 Å². The predicted molar refractivity (Wildman–Crippen MR) is 55.6 cm³/mol. The maximum atomic E-state index is 11.3.